The number of Topliss-reactive ketones (excluding diaryl/α,β-unsaturated/α-hetero) is 1. The third kappa shape index (κ3) is 2.37. The summed E-state index contributed by atoms with van der Waals surface area (Å²) in [5.74, 6) is -2.01. The molecule has 37 heavy (non-hydrogen) atoms. The van der Waals surface area contributed by atoms with E-state index in [0.29, 0.717) is 60.3 Å². The number of phenolic OH excluding ortho intramolecular Hbond substituents is 1. The van der Waals surface area contributed by atoms with E-state index in [4.69, 9.17) is 37.9 Å². The van der Waals surface area contributed by atoms with Crippen molar-refractivity contribution < 1.29 is 47.8 Å². The average Bonchev–Trinajstić information content (AvgIpc) is 3.56. The van der Waals surface area contributed by atoms with Crippen LogP contribution < -0.4 is 9.47 Å². The van der Waals surface area contributed by atoms with E-state index < -0.39 is 35.7 Å². The first kappa shape index (κ1) is 22.5. The molecule has 5 unspecified atom stereocenters. The van der Waals surface area contributed by atoms with Crippen LogP contribution in [0.15, 0.2) is 6.07 Å². The SMILES string of the molecule is COc1c2c(c(O)c3c4c(c(C)cc13)C1OC3(C5OCCCO5)OC1C(OC)(O4)C31CO1)C(=O)CCC2. The Morgan fingerprint density at radius 2 is 1.89 bits per heavy atom. The van der Waals surface area contributed by atoms with Crippen molar-refractivity contribution in [3.63, 3.8) is 0 Å². The Kier molecular flexibility index (Phi) is 4.34. The number of methoxy groups -OCH3 is 2. The van der Waals surface area contributed by atoms with E-state index in [1.807, 2.05) is 13.0 Å². The van der Waals surface area contributed by atoms with Gasteiger partial charge in [-0.3, -0.25) is 4.79 Å². The fraction of sp³-hybridized carbons (Fsp3) is 0.593. The Labute approximate surface area is 212 Å². The number of ketones is 1. The van der Waals surface area contributed by atoms with E-state index in [1.165, 1.54) is 0 Å². The first-order valence-corrected chi connectivity index (χ1v) is 12.8. The van der Waals surface area contributed by atoms with Crippen molar-refractivity contribution in [2.45, 2.75) is 68.3 Å². The number of aromatic hydroxyl groups is 1. The fourth-order valence-electron chi connectivity index (χ4n) is 7.32. The molecule has 8 rings (SSSR count). The summed E-state index contributed by atoms with van der Waals surface area (Å²) in [7, 11) is 3.13. The third-order valence-electron chi connectivity index (χ3n) is 8.93. The lowest BCUT2D eigenvalue weighted by Gasteiger charge is -2.49. The number of epoxide rings is 1. The molecule has 5 atom stereocenters. The number of benzene rings is 2. The molecule has 4 fully saturated rings. The molecule has 4 saturated heterocycles. The zero-order valence-corrected chi connectivity index (χ0v) is 20.9. The summed E-state index contributed by atoms with van der Waals surface area (Å²) in [5, 5.41) is 12.7. The molecule has 10 nitrogen and oxygen atoms in total. The van der Waals surface area contributed by atoms with Crippen LogP contribution in [0.4, 0.5) is 0 Å². The van der Waals surface area contributed by atoms with Crippen LogP contribution >= 0.6 is 0 Å². The van der Waals surface area contributed by atoms with Crippen molar-refractivity contribution in [1.82, 2.24) is 0 Å². The molecule has 0 radical (unpaired) electrons. The van der Waals surface area contributed by atoms with Gasteiger partial charge in [0, 0.05) is 30.0 Å². The van der Waals surface area contributed by atoms with Gasteiger partial charge >= 0.3 is 0 Å². The lowest BCUT2D eigenvalue weighted by atomic mass is 9.78. The monoisotopic (exact) mass is 512 g/mol. The zero-order chi connectivity index (χ0) is 25.3. The van der Waals surface area contributed by atoms with Gasteiger partial charge in [-0.1, -0.05) is 0 Å². The molecule has 6 aliphatic rings. The van der Waals surface area contributed by atoms with Crippen molar-refractivity contribution in [2.24, 2.45) is 0 Å². The van der Waals surface area contributed by atoms with Crippen LogP contribution in [0.25, 0.3) is 10.8 Å². The Hall–Kier alpha value is -2.47. The average molecular weight is 513 g/mol. The minimum Gasteiger partial charge on any atom is -0.506 e. The van der Waals surface area contributed by atoms with Gasteiger partial charge in [-0.05, 0) is 37.8 Å². The van der Waals surface area contributed by atoms with Gasteiger partial charge in [0.05, 0.1) is 37.9 Å². The van der Waals surface area contributed by atoms with Crippen LogP contribution in [-0.2, 0) is 34.8 Å². The highest BCUT2D eigenvalue weighted by Crippen LogP contribution is 2.72. The van der Waals surface area contributed by atoms with Crippen LogP contribution in [0.1, 0.15) is 52.4 Å². The van der Waals surface area contributed by atoms with Gasteiger partial charge in [0.1, 0.15) is 23.4 Å². The molecule has 5 aliphatic heterocycles. The Bertz CT molecular complexity index is 1380. The Morgan fingerprint density at radius 3 is 2.59 bits per heavy atom. The van der Waals surface area contributed by atoms with E-state index in [9.17, 15) is 9.90 Å². The summed E-state index contributed by atoms with van der Waals surface area (Å²) < 4.78 is 50.0. The lowest BCUT2D eigenvalue weighted by Crippen LogP contribution is -2.70. The van der Waals surface area contributed by atoms with Crippen LogP contribution in [0.3, 0.4) is 0 Å². The Morgan fingerprint density at radius 1 is 1.11 bits per heavy atom. The predicted molar refractivity (Wildman–Crippen MR) is 125 cm³/mol. The van der Waals surface area contributed by atoms with Gasteiger partial charge in [0.15, 0.2) is 11.9 Å². The van der Waals surface area contributed by atoms with E-state index in [2.05, 4.69) is 0 Å². The molecule has 1 spiro atoms. The standard InChI is InChI=1S/C27H28O10/c1-12-10-14-18(19(29)17-13(20(14)30-2)6-4-7-15(17)28)21-16(12)22-23-26(31-3,35-21)25(11-34-25)27(36-22,37-23)24-32-8-5-9-33-24/h10,22-24,29H,4-9,11H2,1-3H3. The minimum atomic E-state index is -1.38. The van der Waals surface area contributed by atoms with Gasteiger partial charge in [-0.15, -0.1) is 0 Å². The van der Waals surface area contributed by atoms with Gasteiger partial charge in [0.25, 0.3) is 11.6 Å². The van der Waals surface area contributed by atoms with Crippen molar-refractivity contribution in [1.29, 1.82) is 0 Å². The second kappa shape index (κ2) is 7.13. The number of ether oxygens (including phenoxy) is 8. The number of hydrogen-bond donors (Lipinski definition) is 1. The molecule has 10 heteroatoms. The normalized spacial score (nSPS) is 37.5. The number of carbonyl (C=O) groups excluding carboxylic acids is 1. The molecule has 1 N–H and O–H groups in total. The second-order valence-electron chi connectivity index (χ2n) is 10.6. The smallest absolute Gasteiger partial charge is 0.277 e. The lowest BCUT2D eigenvalue weighted by molar-refractivity contribution is -0.365. The van der Waals surface area contributed by atoms with Gasteiger partial charge in [-0.25, -0.2) is 0 Å². The van der Waals surface area contributed by atoms with Crippen LogP contribution in [0.2, 0.25) is 0 Å². The number of hydrogen-bond acceptors (Lipinski definition) is 10. The van der Waals surface area contributed by atoms with E-state index in [0.717, 1.165) is 23.1 Å². The maximum atomic E-state index is 13.0. The van der Waals surface area contributed by atoms with Crippen molar-refractivity contribution in [2.75, 3.05) is 34.0 Å². The van der Waals surface area contributed by atoms with E-state index in [1.54, 1.807) is 14.2 Å². The number of fused-ring (bicyclic) bond motifs is 8. The molecule has 0 saturated carbocycles. The molecule has 2 aromatic rings. The van der Waals surface area contributed by atoms with Crippen molar-refractivity contribution in [3.8, 4) is 17.2 Å². The fourth-order valence-corrected chi connectivity index (χ4v) is 7.32. The highest BCUT2D eigenvalue weighted by molar-refractivity contribution is 6.11. The summed E-state index contributed by atoms with van der Waals surface area (Å²) in [4.78, 5) is 13.0. The molecule has 5 heterocycles. The number of carbonyl (C=O) groups is 1. The molecule has 1 aliphatic carbocycles. The maximum absolute atomic E-state index is 13.0. The largest absolute Gasteiger partial charge is 0.506 e. The number of rotatable bonds is 3. The second-order valence-corrected chi connectivity index (χ2v) is 10.6. The topological polar surface area (TPSA) is 114 Å². The molecule has 2 bridgehead atoms. The number of phenols is 1. The molecular weight excluding hydrogens is 484 g/mol. The molecule has 2 aromatic carbocycles. The van der Waals surface area contributed by atoms with Crippen molar-refractivity contribution in [3.05, 3.63) is 28.3 Å². The van der Waals surface area contributed by atoms with Gasteiger partial charge < -0.3 is 43.0 Å². The highest BCUT2D eigenvalue weighted by atomic mass is 16.9. The highest BCUT2D eigenvalue weighted by Gasteiger charge is 2.93. The van der Waals surface area contributed by atoms with Crippen LogP contribution in [0.5, 0.6) is 17.2 Å². The third-order valence-corrected chi connectivity index (χ3v) is 8.93. The molecular formula is C27H28O10. The summed E-state index contributed by atoms with van der Waals surface area (Å²) >= 11 is 0. The number of aryl methyl sites for hydroxylation is 1. The molecule has 196 valence electrons. The van der Waals surface area contributed by atoms with E-state index in [-0.39, 0.29) is 18.1 Å². The first-order valence-electron chi connectivity index (χ1n) is 12.8. The van der Waals surface area contributed by atoms with Crippen LogP contribution in [0, 0.1) is 6.92 Å². The summed E-state index contributed by atoms with van der Waals surface area (Å²) in [6.45, 7) is 3.24. The summed E-state index contributed by atoms with van der Waals surface area (Å²) in [6, 6.07) is 1.95. The van der Waals surface area contributed by atoms with E-state index >= 15 is 0 Å². The van der Waals surface area contributed by atoms with Crippen LogP contribution in [-0.4, -0.2) is 74.5 Å². The van der Waals surface area contributed by atoms with Crippen molar-refractivity contribution >= 4 is 16.6 Å². The molecule has 0 aromatic heterocycles. The first-order chi connectivity index (χ1) is 17.9. The quantitative estimate of drug-likeness (QED) is 0.616. The van der Waals surface area contributed by atoms with Gasteiger partial charge in [0.2, 0.25) is 11.9 Å². The zero-order valence-electron chi connectivity index (χ0n) is 20.9. The maximum Gasteiger partial charge on any atom is 0.277 e. The van der Waals surface area contributed by atoms with Gasteiger partial charge in [-0.2, -0.15) is 0 Å². The summed E-state index contributed by atoms with van der Waals surface area (Å²) in [6.07, 6.45) is 0.427. The predicted octanol–water partition coefficient (Wildman–Crippen LogP) is 2.81. The Balaban J connectivity index is 1.40. The summed E-state index contributed by atoms with van der Waals surface area (Å²) in [5.41, 5.74) is 1.50. The minimum absolute atomic E-state index is 0.106. The molecule has 0 amide bonds.